The quantitative estimate of drug-likeness (QED) is 0.853. The highest BCUT2D eigenvalue weighted by atomic mass is 16.5. The largest absolute Gasteiger partial charge is 0.493 e. The molecule has 0 radical (unpaired) electrons. The van der Waals surface area contributed by atoms with Crippen LogP contribution in [0.4, 0.5) is 0 Å². The monoisotopic (exact) mass is 305 g/mol. The number of methoxy groups -OCH3 is 3. The summed E-state index contributed by atoms with van der Waals surface area (Å²) in [6.07, 6.45) is 0.761. The summed E-state index contributed by atoms with van der Waals surface area (Å²) in [5, 5.41) is 8.59. The lowest BCUT2D eigenvalue weighted by atomic mass is 10.1. The molecule has 2 aromatic rings. The fourth-order valence-electron chi connectivity index (χ4n) is 2.60. The van der Waals surface area contributed by atoms with Crippen LogP contribution in [0.5, 0.6) is 17.2 Å². The Morgan fingerprint density at radius 2 is 1.73 bits per heavy atom. The molecule has 1 aromatic carbocycles. The van der Waals surface area contributed by atoms with Crippen LogP contribution in [0.25, 0.3) is 11.4 Å². The zero-order chi connectivity index (χ0) is 15.5. The second kappa shape index (κ2) is 6.23. The number of aromatic nitrogens is 3. The molecule has 0 saturated carbocycles. The van der Waals surface area contributed by atoms with Crippen LogP contribution in [0.3, 0.4) is 0 Å². The van der Waals surface area contributed by atoms with E-state index in [0.717, 1.165) is 30.2 Å². The van der Waals surface area contributed by atoms with E-state index in [0.29, 0.717) is 30.5 Å². The molecule has 2 heterocycles. The molecule has 7 nitrogen and oxygen atoms in total. The van der Waals surface area contributed by atoms with Gasteiger partial charge in [0.25, 0.3) is 0 Å². The van der Waals surface area contributed by atoms with Gasteiger partial charge in [-0.25, -0.2) is 0 Å². The Bertz CT molecular complexity index is 644. The molecule has 0 fully saturated rings. The van der Waals surface area contributed by atoms with E-state index in [4.69, 9.17) is 18.9 Å². The first-order chi connectivity index (χ1) is 10.8. The minimum absolute atomic E-state index is 0.563. The second-order valence-corrected chi connectivity index (χ2v) is 4.87. The number of hydrogen-bond donors (Lipinski definition) is 0. The van der Waals surface area contributed by atoms with Crippen LogP contribution in [0.2, 0.25) is 0 Å². The number of benzene rings is 1. The van der Waals surface area contributed by atoms with E-state index in [1.54, 1.807) is 21.3 Å². The Balaban J connectivity index is 2.11. The number of nitrogens with zero attached hydrogens (tertiary/aromatic N) is 3. The van der Waals surface area contributed by atoms with Crippen LogP contribution in [0, 0.1) is 0 Å². The van der Waals surface area contributed by atoms with Crippen LogP contribution in [0.1, 0.15) is 5.82 Å². The third-order valence-corrected chi connectivity index (χ3v) is 3.68. The number of ether oxygens (including phenoxy) is 4. The summed E-state index contributed by atoms with van der Waals surface area (Å²) in [6, 6.07) is 3.76. The van der Waals surface area contributed by atoms with Crippen LogP contribution in [-0.4, -0.2) is 49.3 Å². The molecule has 118 valence electrons. The third kappa shape index (κ3) is 2.48. The normalized spacial score (nSPS) is 14.1. The predicted octanol–water partition coefficient (Wildman–Crippen LogP) is 1.54. The van der Waals surface area contributed by atoms with Crippen molar-refractivity contribution in [2.45, 2.75) is 13.0 Å². The second-order valence-electron chi connectivity index (χ2n) is 4.87. The van der Waals surface area contributed by atoms with Gasteiger partial charge in [0.15, 0.2) is 17.3 Å². The van der Waals surface area contributed by atoms with Gasteiger partial charge in [-0.2, -0.15) is 0 Å². The molecular formula is C15H19N3O4. The van der Waals surface area contributed by atoms with Gasteiger partial charge in [0.1, 0.15) is 5.82 Å². The highest BCUT2D eigenvalue weighted by Gasteiger charge is 2.20. The van der Waals surface area contributed by atoms with Crippen molar-refractivity contribution in [3.63, 3.8) is 0 Å². The molecule has 7 heteroatoms. The van der Waals surface area contributed by atoms with Gasteiger partial charge in [-0.3, -0.25) is 0 Å². The maximum atomic E-state index is 5.49. The first kappa shape index (κ1) is 14.6. The lowest BCUT2D eigenvalue weighted by Crippen LogP contribution is -2.06. The Kier molecular flexibility index (Phi) is 4.15. The maximum absolute atomic E-state index is 5.49. The Labute approximate surface area is 128 Å². The first-order valence-electron chi connectivity index (χ1n) is 7.08. The average molecular weight is 305 g/mol. The molecule has 3 rings (SSSR count). The highest BCUT2D eigenvalue weighted by Crippen LogP contribution is 2.40. The lowest BCUT2D eigenvalue weighted by molar-refractivity contribution is 0.140. The summed E-state index contributed by atoms with van der Waals surface area (Å²) in [5.74, 6) is 3.46. The summed E-state index contributed by atoms with van der Waals surface area (Å²) < 4.78 is 23.7. The van der Waals surface area contributed by atoms with E-state index in [1.807, 2.05) is 12.1 Å². The molecule has 0 saturated heterocycles. The lowest BCUT2D eigenvalue weighted by Gasteiger charge is -2.14. The van der Waals surface area contributed by atoms with Gasteiger partial charge < -0.3 is 23.5 Å². The zero-order valence-corrected chi connectivity index (χ0v) is 13.0. The van der Waals surface area contributed by atoms with Crippen LogP contribution in [0.15, 0.2) is 12.1 Å². The Morgan fingerprint density at radius 1 is 1.00 bits per heavy atom. The summed E-state index contributed by atoms with van der Waals surface area (Å²) in [6.45, 7) is 2.06. The van der Waals surface area contributed by atoms with Gasteiger partial charge in [0.2, 0.25) is 5.75 Å². The van der Waals surface area contributed by atoms with E-state index in [2.05, 4.69) is 14.8 Å². The van der Waals surface area contributed by atoms with Crippen LogP contribution in [-0.2, 0) is 17.7 Å². The van der Waals surface area contributed by atoms with Crippen molar-refractivity contribution in [1.82, 2.24) is 14.8 Å². The van der Waals surface area contributed by atoms with Crippen molar-refractivity contribution in [1.29, 1.82) is 0 Å². The maximum Gasteiger partial charge on any atom is 0.203 e. The molecule has 0 bridgehead atoms. The van der Waals surface area contributed by atoms with Gasteiger partial charge in [-0.15, -0.1) is 10.2 Å². The van der Waals surface area contributed by atoms with Gasteiger partial charge in [0, 0.05) is 18.5 Å². The molecule has 0 aliphatic carbocycles. The molecule has 0 unspecified atom stereocenters. The van der Waals surface area contributed by atoms with E-state index < -0.39 is 0 Å². The average Bonchev–Trinajstić information content (AvgIpc) is 2.81. The zero-order valence-electron chi connectivity index (χ0n) is 13.0. The summed E-state index contributed by atoms with van der Waals surface area (Å²) >= 11 is 0. The predicted molar refractivity (Wildman–Crippen MR) is 79.6 cm³/mol. The molecule has 0 N–H and O–H groups in total. The summed E-state index contributed by atoms with van der Waals surface area (Å²) in [4.78, 5) is 0. The Hall–Kier alpha value is -2.28. The van der Waals surface area contributed by atoms with Gasteiger partial charge in [0.05, 0.1) is 34.5 Å². The highest BCUT2D eigenvalue weighted by molar-refractivity contribution is 5.67. The van der Waals surface area contributed by atoms with Crippen LogP contribution >= 0.6 is 0 Å². The third-order valence-electron chi connectivity index (χ3n) is 3.68. The summed E-state index contributed by atoms with van der Waals surface area (Å²) in [5.41, 5.74) is 0.871. The molecule has 22 heavy (non-hydrogen) atoms. The molecule has 1 aliphatic heterocycles. The van der Waals surface area contributed by atoms with Gasteiger partial charge >= 0.3 is 0 Å². The van der Waals surface area contributed by atoms with E-state index in [1.165, 1.54) is 0 Å². The number of hydrogen-bond acceptors (Lipinski definition) is 6. The van der Waals surface area contributed by atoms with Crippen molar-refractivity contribution < 1.29 is 18.9 Å². The first-order valence-corrected chi connectivity index (χ1v) is 7.08. The minimum Gasteiger partial charge on any atom is -0.493 e. The van der Waals surface area contributed by atoms with Crippen LogP contribution < -0.4 is 14.2 Å². The van der Waals surface area contributed by atoms with Gasteiger partial charge in [-0.1, -0.05) is 0 Å². The molecule has 1 aromatic heterocycles. The molecule has 0 atom stereocenters. The molecule has 1 aliphatic rings. The molecule has 0 amide bonds. The summed E-state index contributed by atoms with van der Waals surface area (Å²) in [7, 11) is 4.78. The minimum atomic E-state index is 0.563. The van der Waals surface area contributed by atoms with Crippen molar-refractivity contribution in [3.8, 4) is 28.6 Å². The van der Waals surface area contributed by atoms with Gasteiger partial charge in [-0.05, 0) is 12.1 Å². The van der Waals surface area contributed by atoms with E-state index >= 15 is 0 Å². The van der Waals surface area contributed by atoms with Crippen molar-refractivity contribution >= 4 is 0 Å². The SMILES string of the molecule is COc1cc(-c2nnc3n2CCOCC3)cc(OC)c1OC. The standard InChI is InChI=1S/C15H19N3O4/c1-19-11-8-10(9-12(20-2)14(11)21-3)15-17-16-13-4-6-22-7-5-18(13)15/h8-9H,4-7H2,1-3H3. The van der Waals surface area contributed by atoms with Crippen molar-refractivity contribution in [3.05, 3.63) is 18.0 Å². The fraction of sp³-hybridized carbons (Fsp3) is 0.467. The smallest absolute Gasteiger partial charge is 0.203 e. The van der Waals surface area contributed by atoms with Crippen molar-refractivity contribution in [2.75, 3.05) is 34.5 Å². The van der Waals surface area contributed by atoms with E-state index in [9.17, 15) is 0 Å². The number of rotatable bonds is 4. The van der Waals surface area contributed by atoms with E-state index in [-0.39, 0.29) is 0 Å². The molecular weight excluding hydrogens is 286 g/mol. The molecule has 0 spiro atoms. The van der Waals surface area contributed by atoms with Crippen molar-refractivity contribution in [2.24, 2.45) is 0 Å². The number of fused-ring (bicyclic) bond motifs is 1. The fourth-order valence-corrected chi connectivity index (χ4v) is 2.60. The topological polar surface area (TPSA) is 67.6 Å². The Morgan fingerprint density at radius 3 is 2.36 bits per heavy atom.